The molecule has 2 aromatic rings. The van der Waals surface area contributed by atoms with E-state index in [4.69, 9.17) is 16.3 Å². The highest BCUT2D eigenvalue weighted by Crippen LogP contribution is 2.44. The van der Waals surface area contributed by atoms with Crippen LogP contribution in [-0.4, -0.2) is 11.5 Å². The second kappa shape index (κ2) is 8.01. The van der Waals surface area contributed by atoms with E-state index in [2.05, 4.69) is 32.2 Å². The van der Waals surface area contributed by atoms with Crippen LogP contribution in [0.15, 0.2) is 24.3 Å². The molecule has 0 unspecified atom stereocenters. The maximum atomic E-state index is 12.9. The number of carbonyl (C=O) groups excluding carboxylic acids is 1. The number of fused-ring (bicyclic) bond motifs is 1. The lowest BCUT2D eigenvalue weighted by molar-refractivity contribution is -0.128. The van der Waals surface area contributed by atoms with E-state index >= 15 is 0 Å². The summed E-state index contributed by atoms with van der Waals surface area (Å²) in [5.41, 5.74) is 0.836. The first-order valence-electron chi connectivity index (χ1n) is 9.82. The highest BCUT2D eigenvalue weighted by molar-refractivity contribution is 7.16. The molecule has 0 saturated carbocycles. The van der Waals surface area contributed by atoms with Gasteiger partial charge in [0.2, 0.25) is 0 Å². The van der Waals surface area contributed by atoms with Crippen LogP contribution in [0.2, 0.25) is 5.02 Å². The molecule has 3 rings (SSSR count). The molecule has 4 nitrogen and oxygen atoms in total. The van der Waals surface area contributed by atoms with Gasteiger partial charge in [-0.3, -0.25) is 4.79 Å². The van der Waals surface area contributed by atoms with E-state index in [9.17, 15) is 10.1 Å². The van der Waals surface area contributed by atoms with Crippen molar-refractivity contribution in [3.63, 3.8) is 0 Å². The highest BCUT2D eigenvalue weighted by Gasteiger charge is 2.35. The van der Waals surface area contributed by atoms with Gasteiger partial charge in [0.05, 0.1) is 5.56 Å². The molecule has 1 aliphatic rings. The van der Waals surface area contributed by atoms with Crippen molar-refractivity contribution in [2.75, 3.05) is 5.32 Å². The number of nitriles is 1. The molecule has 0 spiro atoms. The first kappa shape index (κ1) is 21.7. The Morgan fingerprint density at radius 1 is 1.24 bits per heavy atom. The third-order valence-corrected chi connectivity index (χ3v) is 6.98. The number of hydrogen-bond donors (Lipinski definition) is 1. The summed E-state index contributed by atoms with van der Waals surface area (Å²) in [5.74, 6) is 0.858. The minimum Gasteiger partial charge on any atom is -0.478 e. The second-order valence-electron chi connectivity index (χ2n) is 9.15. The zero-order valence-electron chi connectivity index (χ0n) is 17.6. The van der Waals surface area contributed by atoms with Gasteiger partial charge in [-0.1, -0.05) is 32.4 Å². The van der Waals surface area contributed by atoms with Gasteiger partial charge in [0.15, 0.2) is 5.60 Å². The van der Waals surface area contributed by atoms with Crippen LogP contribution in [0.25, 0.3) is 0 Å². The van der Waals surface area contributed by atoms with E-state index in [1.54, 1.807) is 38.1 Å². The molecule has 1 aromatic heterocycles. The van der Waals surface area contributed by atoms with Gasteiger partial charge in [0.1, 0.15) is 16.8 Å². The number of nitrogens with zero attached hydrogens (tertiary/aromatic N) is 1. The van der Waals surface area contributed by atoms with E-state index in [0.717, 1.165) is 24.8 Å². The number of amides is 1. The van der Waals surface area contributed by atoms with E-state index in [0.29, 0.717) is 27.3 Å². The number of ether oxygens (including phenoxy) is 1. The minimum atomic E-state index is -1.10. The Kier molecular flexibility index (Phi) is 5.98. The topological polar surface area (TPSA) is 62.1 Å². The fourth-order valence-corrected chi connectivity index (χ4v) is 5.03. The normalized spacial score (nSPS) is 16.7. The summed E-state index contributed by atoms with van der Waals surface area (Å²) in [7, 11) is 0. The fourth-order valence-electron chi connectivity index (χ4n) is 3.63. The lowest BCUT2D eigenvalue weighted by Gasteiger charge is -2.33. The second-order valence-corrected chi connectivity index (χ2v) is 10.7. The molecule has 29 heavy (non-hydrogen) atoms. The van der Waals surface area contributed by atoms with E-state index in [1.807, 2.05) is 0 Å². The van der Waals surface area contributed by atoms with Crippen LogP contribution >= 0.6 is 22.9 Å². The molecule has 1 aromatic carbocycles. The number of halogens is 1. The van der Waals surface area contributed by atoms with Crippen LogP contribution in [0.1, 0.15) is 57.0 Å². The first-order valence-corrected chi connectivity index (χ1v) is 11.0. The predicted octanol–water partition coefficient (Wildman–Crippen LogP) is 6.22. The van der Waals surface area contributed by atoms with Crippen molar-refractivity contribution < 1.29 is 9.53 Å². The zero-order valence-corrected chi connectivity index (χ0v) is 19.1. The molecule has 1 atom stereocenters. The number of thiophene rings is 1. The van der Waals surface area contributed by atoms with Crippen LogP contribution < -0.4 is 10.1 Å². The van der Waals surface area contributed by atoms with Crippen LogP contribution in [0.3, 0.4) is 0 Å². The van der Waals surface area contributed by atoms with E-state index in [-0.39, 0.29) is 11.3 Å². The number of rotatable bonds is 4. The molecule has 0 radical (unpaired) electrons. The van der Waals surface area contributed by atoms with Crippen LogP contribution in [0.5, 0.6) is 5.75 Å². The van der Waals surface area contributed by atoms with Crippen molar-refractivity contribution >= 4 is 33.8 Å². The van der Waals surface area contributed by atoms with Gasteiger partial charge in [-0.05, 0) is 74.3 Å². The molecule has 154 valence electrons. The van der Waals surface area contributed by atoms with Gasteiger partial charge in [-0.25, -0.2) is 0 Å². The van der Waals surface area contributed by atoms with Gasteiger partial charge >= 0.3 is 0 Å². The summed E-state index contributed by atoms with van der Waals surface area (Å²) in [6.45, 7) is 10.2. The number of hydrogen-bond acceptors (Lipinski definition) is 4. The standard InChI is InChI=1S/C23H27ClN2O2S/c1-22(2,3)14-6-11-17-18(13-25)20(29-19(17)12-14)26-21(27)23(4,5)28-16-9-7-15(24)8-10-16/h7-10,14H,6,11-12H2,1-5H3,(H,26,27)/t14-/m0/s1. The van der Waals surface area contributed by atoms with Gasteiger partial charge in [0, 0.05) is 9.90 Å². The summed E-state index contributed by atoms with van der Waals surface area (Å²) < 4.78 is 5.88. The average Bonchev–Trinajstić information content (AvgIpc) is 2.98. The summed E-state index contributed by atoms with van der Waals surface area (Å²) >= 11 is 7.44. The van der Waals surface area contributed by atoms with Gasteiger partial charge < -0.3 is 10.1 Å². The molecule has 6 heteroatoms. The first-order chi connectivity index (χ1) is 13.5. The van der Waals surface area contributed by atoms with Crippen LogP contribution in [0.4, 0.5) is 5.00 Å². The Morgan fingerprint density at radius 2 is 1.90 bits per heavy atom. The van der Waals surface area contributed by atoms with Crippen molar-refractivity contribution in [2.24, 2.45) is 11.3 Å². The quantitative estimate of drug-likeness (QED) is 0.626. The molecule has 0 bridgehead atoms. The monoisotopic (exact) mass is 430 g/mol. The van der Waals surface area contributed by atoms with E-state index < -0.39 is 5.60 Å². The van der Waals surface area contributed by atoms with Crippen LogP contribution in [0, 0.1) is 22.7 Å². The molecule has 1 aliphatic carbocycles. The summed E-state index contributed by atoms with van der Waals surface area (Å²) in [4.78, 5) is 14.2. The molecule has 0 aliphatic heterocycles. The van der Waals surface area contributed by atoms with E-state index in [1.165, 1.54) is 16.2 Å². The summed E-state index contributed by atoms with van der Waals surface area (Å²) in [6.07, 6.45) is 2.91. The number of benzene rings is 1. The third kappa shape index (κ3) is 4.76. The summed E-state index contributed by atoms with van der Waals surface area (Å²) in [5, 5.41) is 13.9. The van der Waals surface area contributed by atoms with Crippen molar-refractivity contribution in [2.45, 2.75) is 59.5 Å². The smallest absolute Gasteiger partial charge is 0.268 e. The SMILES string of the molecule is CC(C)(Oc1ccc(Cl)cc1)C(=O)Nc1sc2c(c1C#N)CC[C@H](C(C)(C)C)C2. The lowest BCUT2D eigenvalue weighted by Crippen LogP contribution is -2.42. The maximum Gasteiger partial charge on any atom is 0.268 e. The van der Waals surface area contributed by atoms with Crippen molar-refractivity contribution in [3.05, 3.63) is 45.3 Å². The largest absolute Gasteiger partial charge is 0.478 e. The fraction of sp³-hybridized carbons (Fsp3) is 0.478. The third-order valence-electron chi connectivity index (χ3n) is 5.56. The Labute approximate surface area is 181 Å². The Hall–Kier alpha value is -2.03. The number of carbonyl (C=O) groups is 1. The van der Waals surface area contributed by atoms with Crippen LogP contribution in [-0.2, 0) is 17.6 Å². The predicted molar refractivity (Wildman–Crippen MR) is 119 cm³/mol. The number of nitrogens with one attached hydrogen (secondary N) is 1. The molecular formula is C23H27ClN2O2S. The van der Waals surface area contributed by atoms with Crippen molar-refractivity contribution in [1.29, 1.82) is 5.26 Å². The Morgan fingerprint density at radius 3 is 2.48 bits per heavy atom. The molecule has 1 N–H and O–H groups in total. The molecular weight excluding hydrogens is 404 g/mol. The average molecular weight is 431 g/mol. The zero-order chi connectivity index (χ0) is 21.4. The Balaban J connectivity index is 1.79. The Bertz CT molecular complexity index is 949. The van der Waals surface area contributed by atoms with Gasteiger partial charge in [-0.2, -0.15) is 5.26 Å². The van der Waals surface area contributed by atoms with Crippen molar-refractivity contribution in [3.8, 4) is 11.8 Å². The van der Waals surface area contributed by atoms with Gasteiger partial charge in [0.25, 0.3) is 5.91 Å². The maximum absolute atomic E-state index is 12.9. The summed E-state index contributed by atoms with van der Waals surface area (Å²) in [6, 6.07) is 9.21. The lowest BCUT2D eigenvalue weighted by atomic mass is 9.72. The molecule has 0 saturated heterocycles. The van der Waals surface area contributed by atoms with Crippen molar-refractivity contribution in [1.82, 2.24) is 0 Å². The minimum absolute atomic E-state index is 0.228. The highest BCUT2D eigenvalue weighted by atomic mass is 35.5. The van der Waals surface area contributed by atoms with Gasteiger partial charge in [-0.15, -0.1) is 11.3 Å². The molecule has 1 amide bonds. The molecule has 1 heterocycles. The molecule has 0 fully saturated rings. The number of anilines is 1.